The van der Waals surface area contributed by atoms with E-state index in [-0.39, 0.29) is 6.04 Å². The first-order valence-corrected chi connectivity index (χ1v) is 7.48. The van der Waals surface area contributed by atoms with Crippen molar-refractivity contribution in [3.63, 3.8) is 0 Å². The van der Waals surface area contributed by atoms with Gasteiger partial charge >= 0.3 is 0 Å². The third kappa shape index (κ3) is 3.10. The second-order valence-electron chi connectivity index (χ2n) is 5.29. The zero-order chi connectivity index (χ0) is 14.5. The molecule has 20 heavy (non-hydrogen) atoms. The Kier molecular flexibility index (Phi) is 4.96. The molecule has 0 spiro atoms. The van der Waals surface area contributed by atoms with Crippen LogP contribution in [0.2, 0.25) is 0 Å². The molecule has 0 aliphatic carbocycles. The number of aryl methyl sites for hydroxylation is 2. The van der Waals surface area contributed by atoms with Crippen molar-refractivity contribution < 1.29 is 0 Å². The summed E-state index contributed by atoms with van der Waals surface area (Å²) in [6.45, 7) is 7.42. The van der Waals surface area contributed by atoms with Crippen LogP contribution in [0.1, 0.15) is 48.7 Å². The van der Waals surface area contributed by atoms with E-state index in [1.807, 2.05) is 17.9 Å². The van der Waals surface area contributed by atoms with Crippen LogP contribution in [0.5, 0.6) is 0 Å². The zero-order valence-electron chi connectivity index (χ0n) is 13.0. The molecule has 2 rings (SSSR count). The quantitative estimate of drug-likeness (QED) is 0.873. The highest BCUT2D eigenvalue weighted by molar-refractivity contribution is 5.34. The summed E-state index contributed by atoms with van der Waals surface area (Å²) in [7, 11) is 1.99. The molecule has 1 atom stereocenters. The van der Waals surface area contributed by atoms with Gasteiger partial charge in [0.05, 0.1) is 12.2 Å². The van der Waals surface area contributed by atoms with Gasteiger partial charge in [-0.05, 0) is 31.0 Å². The van der Waals surface area contributed by atoms with Crippen LogP contribution in [0, 0.1) is 6.92 Å². The molecular weight excluding hydrogens is 246 g/mol. The summed E-state index contributed by atoms with van der Waals surface area (Å²) in [6, 6.07) is 9.20. The number of benzene rings is 1. The predicted molar refractivity (Wildman–Crippen MR) is 83.9 cm³/mol. The van der Waals surface area contributed by atoms with Crippen LogP contribution >= 0.6 is 0 Å². The largest absolute Gasteiger partial charge is 0.306 e. The van der Waals surface area contributed by atoms with Crippen LogP contribution in [-0.4, -0.2) is 16.3 Å². The van der Waals surface area contributed by atoms with Crippen molar-refractivity contribution in [2.45, 2.75) is 39.7 Å². The van der Waals surface area contributed by atoms with E-state index in [1.165, 1.54) is 28.8 Å². The van der Waals surface area contributed by atoms with E-state index in [0.717, 1.165) is 13.0 Å². The van der Waals surface area contributed by atoms with Gasteiger partial charge in [0.1, 0.15) is 0 Å². The van der Waals surface area contributed by atoms with E-state index in [1.54, 1.807) is 0 Å². The third-order valence-electron chi connectivity index (χ3n) is 3.84. The lowest BCUT2D eigenvalue weighted by Crippen LogP contribution is -2.22. The lowest BCUT2D eigenvalue weighted by molar-refractivity contribution is 0.624. The molecule has 1 unspecified atom stereocenters. The monoisotopic (exact) mass is 271 g/mol. The van der Waals surface area contributed by atoms with Crippen molar-refractivity contribution >= 4 is 0 Å². The fourth-order valence-electron chi connectivity index (χ4n) is 2.58. The Morgan fingerprint density at radius 1 is 1.20 bits per heavy atom. The molecule has 0 amide bonds. The van der Waals surface area contributed by atoms with Gasteiger partial charge in [0.2, 0.25) is 0 Å². The Bertz CT molecular complexity index is 540. The minimum absolute atomic E-state index is 0.226. The van der Waals surface area contributed by atoms with Crippen LogP contribution < -0.4 is 5.32 Å². The minimum atomic E-state index is 0.226. The molecule has 1 N–H and O–H groups in total. The molecule has 108 valence electrons. The summed E-state index contributed by atoms with van der Waals surface area (Å²) < 4.78 is 1.94. The highest BCUT2D eigenvalue weighted by Gasteiger charge is 2.17. The second-order valence-corrected chi connectivity index (χ2v) is 5.29. The number of nitrogens with one attached hydrogen (secondary N) is 1. The summed E-state index contributed by atoms with van der Waals surface area (Å²) in [5.74, 6) is 0. The molecule has 2 aromatic rings. The first-order chi connectivity index (χ1) is 9.67. The van der Waals surface area contributed by atoms with E-state index in [4.69, 9.17) is 0 Å². The first kappa shape index (κ1) is 14.8. The number of aromatic nitrogens is 2. The van der Waals surface area contributed by atoms with E-state index in [2.05, 4.69) is 55.5 Å². The molecule has 0 saturated heterocycles. The van der Waals surface area contributed by atoms with Crippen LogP contribution in [0.4, 0.5) is 0 Å². The van der Waals surface area contributed by atoms with E-state index >= 15 is 0 Å². The van der Waals surface area contributed by atoms with E-state index in [9.17, 15) is 0 Å². The Morgan fingerprint density at radius 2 is 1.90 bits per heavy atom. The molecule has 0 aliphatic heterocycles. The fraction of sp³-hybridized carbons (Fsp3) is 0.471. The van der Waals surface area contributed by atoms with Crippen molar-refractivity contribution in [2.24, 2.45) is 7.05 Å². The van der Waals surface area contributed by atoms with Gasteiger partial charge in [0.15, 0.2) is 0 Å². The minimum Gasteiger partial charge on any atom is -0.306 e. The van der Waals surface area contributed by atoms with E-state index < -0.39 is 0 Å². The molecule has 0 bridgehead atoms. The molecule has 0 fully saturated rings. The lowest BCUT2D eigenvalue weighted by atomic mass is 9.97. The summed E-state index contributed by atoms with van der Waals surface area (Å²) >= 11 is 0. The zero-order valence-corrected chi connectivity index (χ0v) is 13.0. The van der Waals surface area contributed by atoms with Crippen molar-refractivity contribution in [1.29, 1.82) is 0 Å². The molecule has 1 heterocycles. The Labute approximate surface area is 122 Å². The highest BCUT2D eigenvalue weighted by Crippen LogP contribution is 2.25. The molecule has 1 aromatic carbocycles. The Morgan fingerprint density at radius 3 is 2.40 bits per heavy atom. The standard InChI is InChI=1S/C17H25N3/c1-5-7-14-8-10-15(11-9-14)17(18-6-2)16-12-19-20(4)13(16)3/h8-12,17-18H,5-7H2,1-4H3. The van der Waals surface area contributed by atoms with Gasteiger partial charge in [-0.1, -0.05) is 44.5 Å². The van der Waals surface area contributed by atoms with E-state index in [0.29, 0.717) is 0 Å². The van der Waals surface area contributed by atoms with Crippen LogP contribution in [0.3, 0.4) is 0 Å². The lowest BCUT2D eigenvalue weighted by Gasteiger charge is -2.18. The van der Waals surface area contributed by atoms with Crippen molar-refractivity contribution in [3.8, 4) is 0 Å². The van der Waals surface area contributed by atoms with Gasteiger partial charge in [-0.15, -0.1) is 0 Å². The molecule has 3 heteroatoms. The third-order valence-corrected chi connectivity index (χ3v) is 3.84. The number of hydrogen-bond donors (Lipinski definition) is 1. The van der Waals surface area contributed by atoms with Crippen molar-refractivity contribution in [2.75, 3.05) is 6.54 Å². The van der Waals surface area contributed by atoms with Gasteiger partial charge in [0, 0.05) is 18.3 Å². The maximum Gasteiger partial charge on any atom is 0.0610 e. The summed E-state index contributed by atoms with van der Waals surface area (Å²) in [4.78, 5) is 0. The average molecular weight is 271 g/mol. The maximum atomic E-state index is 4.37. The number of hydrogen-bond acceptors (Lipinski definition) is 2. The number of rotatable bonds is 6. The Balaban J connectivity index is 2.30. The van der Waals surface area contributed by atoms with Gasteiger partial charge in [-0.2, -0.15) is 5.10 Å². The highest BCUT2D eigenvalue weighted by atomic mass is 15.3. The maximum absolute atomic E-state index is 4.37. The van der Waals surface area contributed by atoms with Gasteiger partial charge in [-0.25, -0.2) is 0 Å². The van der Waals surface area contributed by atoms with Gasteiger partial charge < -0.3 is 5.32 Å². The predicted octanol–water partition coefficient (Wildman–Crippen LogP) is 3.38. The molecular formula is C17H25N3. The second kappa shape index (κ2) is 6.71. The molecule has 0 saturated carbocycles. The van der Waals surface area contributed by atoms with Gasteiger partial charge in [0.25, 0.3) is 0 Å². The molecule has 3 nitrogen and oxygen atoms in total. The normalized spacial score (nSPS) is 12.6. The molecule has 1 aromatic heterocycles. The number of nitrogens with zero attached hydrogens (tertiary/aromatic N) is 2. The van der Waals surface area contributed by atoms with Crippen molar-refractivity contribution in [1.82, 2.24) is 15.1 Å². The van der Waals surface area contributed by atoms with Crippen LogP contribution in [0.25, 0.3) is 0 Å². The SMILES string of the molecule is CCCc1ccc(C(NCC)c2cnn(C)c2C)cc1. The van der Waals surface area contributed by atoms with Crippen LogP contribution in [-0.2, 0) is 13.5 Å². The topological polar surface area (TPSA) is 29.9 Å². The van der Waals surface area contributed by atoms with Gasteiger partial charge in [-0.3, -0.25) is 4.68 Å². The summed E-state index contributed by atoms with van der Waals surface area (Å²) in [6.07, 6.45) is 4.32. The average Bonchev–Trinajstić information content (AvgIpc) is 2.78. The fourth-order valence-corrected chi connectivity index (χ4v) is 2.58. The molecule has 0 radical (unpaired) electrons. The molecule has 0 aliphatic rings. The Hall–Kier alpha value is -1.61. The van der Waals surface area contributed by atoms with Crippen molar-refractivity contribution in [3.05, 3.63) is 52.8 Å². The summed E-state index contributed by atoms with van der Waals surface area (Å²) in [5.41, 5.74) is 5.20. The smallest absolute Gasteiger partial charge is 0.0610 e. The summed E-state index contributed by atoms with van der Waals surface area (Å²) in [5, 5.41) is 7.94. The van der Waals surface area contributed by atoms with Crippen LogP contribution in [0.15, 0.2) is 30.5 Å². The first-order valence-electron chi connectivity index (χ1n) is 7.48.